The maximum atomic E-state index is 11.9. The van der Waals surface area contributed by atoms with Crippen molar-refractivity contribution in [1.29, 1.82) is 0 Å². The second-order valence-electron chi connectivity index (χ2n) is 6.23. The number of hydrogen-bond donors (Lipinski definition) is 1. The summed E-state index contributed by atoms with van der Waals surface area (Å²) in [4.78, 5) is 16.1. The quantitative estimate of drug-likeness (QED) is 0.665. The number of carbonyl (C=O) groups excluding carboxylic acids is 1. The highest BCUT2D eigenvalue weighted by Gasteiger charge is 2.05. The van der Waals surface area contributed by atoms with Crippen LogP contribution in [0.25, 0.3) is 0 Å². The molecule has 1 amide bonds. The van der Waals surface area contributed by atoms with E-state index in [4.69, 9.17) is 9.47 Å². The summed E-state index contributed by atoms with van der Waals surface area (Å²) < 4.78 is 13.2. The first-order valence-corrected chi connectivity index (χ1v) is 8.80. The fourth-order valence-electron chi connectivity index (χ4n) is 2.50. The summed E-state index contributed by atoms with van der Waals surface area (Å²) in [5.74, 6) is 2.88. The van der Waals surface area contributed by atoms with E-state index in [9.17, 15) is 4.79 Å². The van der Waals surface area contributed by atoms with E-state index in [2.05, 4.69) is 10.3 Å². The van der Waals surface area contributed by atoms with Crippen LogP contribution in [0.1, 0.15) is 11.4 Å². The van der Waals surface area contributed by atoms with Crippen molar-refractivity contribution in [2.75, 3.05) is 13.2 Å². The van der Waals surface area contributed by atoms with Gasteiger partial charge in [-0.25, -0.2) is 4.98 Å². The Labute approximate surface area is 158 Å². The molecule has 6 heteroatoms. The molecular formula is C21H23N3O3. The number of nitrogens with zero attached hydrogens (tertiary/aromatic N) is 2. The molecule has 0 aliphatic heterocycles. The molecule has 0 unspecified atom stereocenters. The Bertz CT molecular complexity index is 870. The molecule has 3 rings (SSSR count). The molecule has 0 bridgehead atoms. The summed E-state index contributed by atoms with van der Waals surface area (Å²) in [5.41, 5.74) is 1.18. The van der Waals surface area contributed by atoms with Crippen LogP contribution in [0.5, 0.6) is 17.2 Å². The van der Waals surface area contributed by atoms with Gasteiger partial charge in [0.2, 0.25) is 0 Å². The van der Waals surface area contributed by atoms with Gasteiger partial charge in [-0.3, -0.25) is 4.79 Å². The summed E-state index contributed by atoms with van der Waals surface area (Å²) in [6, 6.07) is 15.0. The van der Waals surface area contributed by atoms with Crippen molar-refractivity contribution < 1.29 is 14.3 Å². The molecule has 0 saturated carbocycles. The molecule has 0 spiro atoms. The molecule has 1 N–H and O–H groups in total. The molecule has 0 saturated heterocycles. The number of hydrogen-bond acceptors (Lipinski definition) is 4. The minimum atomic E-state index is -0.163. The maximum Gasteiger partial charge on any atom is 0.257 e. The summed E-state index contributed by atoms with van der Waals surface area (Å²) >= 11 is 0. The van der Waals surface area contributed by atoms with Gasteiger partial charge in [0.05, 0.1) is 0 Å². The van der Waals surface area contributed by atoms with Gasteiger partial charge < -0.3 is 19.4 Å². The van der Waals surface area contributed by atoms with E-state index in [1.165, 1.54) is 5.56 Å². The largest absolute Gasteiger partial charge is 0.484 e. The first kappa shape index (κ1) is 18.5. The predicted octanol–water partition coefficient (Wildman–Crippen LogP) is 3.26. The summed E-state index contributed by atoms with van der Waals surface area (Å²) in [6.07, 6.45) is 4.30. The lowest BCUT2D eigenvalue weighted by atomic mass is 10.2. The van der Waals surface area contributed by atoms with Crippen molar-refractivity contribution in [2.24, 2.45) is 7.05 Å². The van der Waals surface area contributed by atoms with Gasteiger partial charge >= 0.3 is 0 Å². The molecule has 0 aliphatic carbocycles. The molecule has 1 heterocycles. The summed E-state index contributed by atoms with van der Waals surface area (Å²) in [5, 5.41) is 2.83. The van der Waals surface area contributed by atoms with Crippen LogP contribution in [0.4, 0.5) is 0 Å². The average molecular weight is 365 g/mol. The third-order valence-electron chi connectivity index (χ3n) is 4.04. The molecule has 0 aliphatic rings. The van der Waals surface area contributed by atoms with E-state index in [-0.39, 0.29) is 12.5 Å². The van der Waals surface area contributed by atoms with Crippen LogP contribution >= 0.6 is 0 Å². The predicted molar refractivity (Wildman–Crippen MR) is 103 cm³/mol. The molecule has 1 aromatic heterocycles. The molecule has 2 aromatic carbocycles. The minimum absolute atomic E-state index is 0.0290. The fraction of sp³-hybridized carbons (Fsp3) is 0.238. The van der Waals surface area contributed by atoms with Crippen molar-refractivity contribution >= 4 is 5.91 Å². The average Bonchev–Trinajstić information content (AvgIpc) is 3.08. The highest BCUT2D eigenvalue weighted by Crippen LogP contribution is 2.24. The Kier molecular flexibility index (Phi) is 6.10. The van der Waals surface area contributed by atoms with Gasteiger partial charge in [-0.05, 0) is 43.3 Å². The van der Waals surface area contributed by atoms with Gasteiger partial charge in [-0.15, -0.1) is 0 Å². The van der Waals surface area contributed by atoms with Gasteiger partial charge in [0, 0.05) is 32.4 Å². The summed E-state index contributed by atoms with van der Waals surface area (Å²) in [6.45, 7) is 2.53. The van der Waals surface area contributed by atoms with E-state index in [1.54, 1.807) is 18.3 Å². The monoisotopic (exact) mass is 365 g/mol. The third-order valence-corrected chi connectivity index (χ3v) is 4.04. The zero-order valence-electron chi connectivity index (χ0n) is 15.5. The second kappa shape index (κ2) is 8.89. The number of rotatable bonds is 8. The van der Waals surface area contributed by atoms with E-state index in [1.807, 2.05) is 61.1 Å². The van der Waals surface area contributed by atoms with Crippen LogP contribution in [0.3, 0.4) is 0 Å². The van der Waals surface area contributed by atoms with Gasteiger partial charge in [0.1, 0.15) is 23.1 Å². The standard InChI is InChI=1S/C21H23N3O3/c1-16-3-5-18(6-4-16)27-19-9-7-17(8-10-19)26-15-21(25)23-12-11-20-22-13-14-24(20)2/h3-10,13-14H,11-12,15H2,1-2H3,(H,23,25). The molecule has 140 valence electrons. The zero-order valence-corrected chi connectivity index (χ0v) is 15.5. The lowest BCUT2D eigenvalue weighted by molar-refractivity contribution is -0.123. The molecule has 0 atom stereocenters. The first-order chi connectivity index (χ1) is 13.1. The minimum Gasteiger partial charge on any atom is -0.484 e. The van der Waals surface area contributed by atoms with E-state index in [0.717, 1.165) is 11.6 Å². The lowest BCUT2D eigenvalue weighted by Gasteiger charge is -2.09. The number of aryl methyl sites for hydroxylation is 2. The van der Waals surface area contributed by atoms with Crippen LogP contribution in [0.15, 0.2) is 60.9 Å². The number of amides is 1. The first-order valence-electron chi connectivity index (χ1n) is 8.80. The highest BCUT2D eigenvalue weighted by molar-refractivity contribution is 5.77. The third kappa shape index (κ3) is 5.60. The van der Waals surface area contributed by atoms with Crippen LogP contribution in [0.2, 0.25) is 0 Å². The smallest absolute Gasteiger partial charge is 0.257 e. The van der Waals surface area contributed by atoms with Crippen molar-refractivity contribution in [3.8, 4) is 17.2 Å². The maximum absolute atomic E-state index is 11.9. The van der Waals surface area contributed by atoms with Gasteiger partial charge in [-0.2, -0.15) is 0 Å². The number of ether oxygens (including phenoxy) is 2. The number of benzene rings is 2. The van der Waals surface area contributed by atoms with Crippen LogP contribution in [-0.2, 0) is 18.3 Å². The Morgan fingerprint density at radius 2 is 1.67 bits per heavy atom. The van der Waals surface area contributed by atoms with Gasteiger partial charge in [0.15, 0.2) is 6.61 Å². The second-order valence-corrected chi connectivity index (χ2v) is 6.23. The molecule has 27 heavy (non-hydrogen) atoms. The Balaban J connectivity index is 1.40. The zero-order chi connectivity index (χ0) is 19.1. The van der Waals surface area contributed by atoms with Crippen molar-refractivity contribution in [2.45, 2.75) is 13.3 Å². The number of imidazole rings is 1. The number of aromatic nitrogens is 2. The topological polar surface area (TPSA) is 65.4 Å². The Morgan fingerprint density at radius 3 is 2.30 bits per heavy atom. The fourth-order valence-corrected chi connectivity index (χ4v) is 2.50. The van der Waals surface area contributed by atoms with Crippen molar-refractivity contribution in [3.05, 3.63) is 72.3 Å². The molecular weight excluding hydrogens is 342 g/mol. The molecule has 3 aromatic rings. The van der Waals surface area contributed by atoms with E-state index in [0.29, 0.717) is 24.5 Å². The number of nitrogens with one attached hydrogen (secondary N) is 1. The molecule has 6 nitrogen and oxygen atoms in total. The van der Waals surface area contributed by atoms with Gasteiger partial charge in [-0.1, -0.05) is 17.7 Å². The van der Waals surface area contributed by atoms with Gasteiger partial charge in [0.25, 0.3) is 5.91 Å². The Hall–Kier alpha value is -3.28. The Morgan fingerprint density at radius 1 is 1.04 bits per heavy atom. The van der Waals surface area contributed by atoms with E-state index >= 15 is 0 Å². The van der Waals surface area contributed by atoms with Crippen LogP contribution < -0.4 is 14.8 Å². The lowest BCUT2D eigenvalue weighted by Crippen LogP contribution is -2.31. The SMILES string of the molecule is Cc1ccc(Oc2ccc(OCC(=O)NCCc3nccn3C)cc2)cc1. The number of carbonyl (C=O) groups is 1. The summed E-state index contributed by atoms with van der Waals surface area (Å²) in [7, 11) is 1.93. The normalized spacial score (nSPS) is 10.4. The molecule has 0 fully saturated rings. The van der Waals surface area contributed by atoms with Crippen LogP contribution in [0, 0.1) is 6.92 Å². The van der Waals surface area contributed by atoms with E-state index < -0.39 is 0 Å². The van der Waals surface area contributed by atoms with Crippen molar-refractivity contribution in [3.63, 3.8) is 0 Å². The highest BCUT2D eigenvalue weighted by atomic mass is 16.5. The van der Waals surface area contributed by atoms with Crippen LogP contribution in [-0.4, -0.2) is 28.6 Å². The molecule has 0 radical (unpaired) electrons. The van der Waals surface area contributed by atoms with Crippen molar-refractivity contribution in [1.82, 2.24) is 14.9 Å².